The minimum absolute atomic E-state index is 0.0811. The van der Waals surface area contributed by atoms with Crippen LogP contribution in [0.2, 0.25) is 18.1 Å². The van der Waals surface area contributed by atoms with E-state index in [-0.39, 0.29) is 35.9 Å². The highest BCUT2D eigenvalue weighted by molar-refractivity contribution is 6.75. The van der Waals surface area contributed by atoms with E-state index in [9.17, 15) is 9.59 Å². The Labute approximate surface area is 428 Å². The van der Waals surface area contributed by atoms with Crippen molar-refractivity contribution in [1.29, 1.82) is 0 Å². The van der Waals surface area contributed by atoms with E-state index in [1.807, 2.05) is 6.08 Å². The summed E-state index contributed by atoms with van der Waals surface area (Å²) in [5, 5.41) is -0.159. The molecule has 386 valence electrons. The highest BCUT2D eigenvalue weighted by atomic mass is 28.4. The summed E-state index contributed by atoms with van der Waals surface area (Å²) >= 11 is 0. The summed E-state index contributed by atoms with van der Waals surface area (Å²) in [6, 6.07) is 6.34. The molecule has 6 rings (SSSR count). The quantitative estimate of drug-likeness (QED) is 0.0685. The zero-order valence-electron chi connectivity index (χ0n) is 46.6. The second-order valence-electron chi connectivity index (χ2n) is 23.3. The molecule has 2 aromatic heterocycles. The maximum absolute atomic E-state index is 14.4. The topological polar surface area (TPSA) is 119 Å². The first-order valence-corrected chi connectivity index (χ1v) is 29.9. The Morgan fingerprint density at radius 2 is 1.48 bits per heavy atom. The van der Waals surface area contributed by atoms with Crippen LogP contribution in [-0.2, 0) is 23.5 Å². The number of nitrogens with one attached hydrogen (secondary N) is 2. The van der Waals surface area contributed by atoms with E-state index >= 15 is 0 Å². The molecule has 8 bridgehead atoms. The van der Waals surface area contributed by atoms with E-state index in [1.54, 1.807) is 0 Å². The first-order valence-electron chi connectivity index (χ1n) is 27.0. The molecule has 0 unspecified atom stereocenters. The first-order chi connectivity index (χ1) is 33.5. The number of hydrogen-bond donors (Lipinski definition) is 2. The van der Waals surface area contributed by atoms with Crippen molar-refractivity contribution < 1.29 is 23.5 Å². The van der Waals surface area contributed by atoms with Gasteiger partial charge in [-0.3, -0.25) is 4.79 Å². The fourth-order valence-corrected chi connectivity index (χ4v) is 11.6. The van der Waals surface area contributed by atoms with Gasteiger partial charge in [-0.05, 0) is 136 Å². The van der Waals surface area contributed by atoms with Gasteiger partial charge in [-0.15, -0.1) is 0 Å². The standard InChI is InChI=1S/C61H88N4O5Si/c1-18-44-40(8)47-33-49-42(10)46(29-30-53(66)69-32-31-39(7)28-22-27-38(6)26-21-25-37(5)24-20-23-36(3)4)57(64-49)55-56(60(67)68-15)59(70-71(16,17)61(12,13)14)54-43(11)50(65-58(54)55)35-52-45(19-2)41(9)48(63-52)34-51(44)62-47/h18,31,33-38,42,46,64-65H,1,19-30,32H2,2-17H3/b39-31+,49-33?,51-34?,52-35?,57-55?/t37-,38-,42+,46+/m1/s1. The van der Waals surface area contributed by atoms with Gasteiger partial charge in [0, 0.05) is 51.9 Å². The summed E-state index contributed by atoms with van der Waals surface area (Å²) in [6.07, 6.45) is 16.8. The number of rotatable bonds is 22. The minimum Gasteiger partial charge on any atom is -0.542 e. The molecular weight excluding hydrogens is 897 g/mol. The van der Waals surface area contributed by atoms with Crippen LogP contribution < -0.4 is 0 Å². The van der Waals surface area contributed by atoms with Gasteiger partial charge in [-0.1, -0.05) is 125 Å². The zero-order chi connectivity index (χ0) is 52.1. The molecule has 3 aliphatic heterocycles. The van der Waals surface area contributed by atoms with Crippen molar-refractivity contribution in [3.8, 4) is 0 Å². The number of esters is 2. The summed E-state index contributed by atoms with van der Waals surface area (Å²) in [6.45, 7) is 37.7. The molecule has 0 saturated heterocycles. The Balaban J connectivity index is 1.34. The Bertz CT molecular complexity index is 2680. The van der Waals surface area contributed by atoms with Crippen molar-refractivity contribution in [2.45, 2.75) is 197 Å². The molecule has 0 aromatic carbocycles. The molecule has 10 heteroatoms. The van der Waals surface area contributed by atoms with Crippen LogP contribution in [-0.4, -0.2) is 53.9 Å². The highest BCUT2D eigenvalue weighted by Gasteiger charge is 2.45. The summed E-state index contributed by atoms with van der Waals surface area (Å²) in [5.74, 6) is 1.89. The summed E-state index contributed by atoms with van der Waals surface area (Å²) < 4.78 is 18.8. The van der Waals surface area contributed by atoms with Crippen molar-refractivity contribution in [2.24, 2.45) is 17.8 Å². The molecule has 5 heterocycles. The van der Waals surface area contributed by atoms with Crippen molar-refractivity contribution in [3.05, 3.63) is 93.4 Å². The number of H-pyrrole nitrogens is 2. The summed E-state index contributed by atoms with van der Waals surface area (Å²) in [7, 11) is -1.10. The average Bonchev–Trinajstić information content (AvgIpc) is 4.05. The van der Waals surface area contributed by atoms with Gasteiger partial charge in [0.2, 0.25) is 0 Å². The third-order valence-corrected chi connectivity index (χ3v) is 20.7. The lowest BCUT2D eigenvalue weighted by molar-refractivity contribution is -0.142. The van der Waals surface area contributed by atoms with Crippen molar-refractivity contribution >= 4 is 64.9 Å². The molecule has 4 atom stereocenters. The molecule has 2 aromatic rings. The van der Waals surface area contributed by atoms with E-state index in [1.165, 1.54) is 63.2 Å². The van der Waals surface area contributed by atoms with Crippen LogP contribution in [0.15, 0.2) is 42.5 Å². The van der Waals surface area contributed by atoms with Crippen LogP contribution in [0.5, 0.6) is 0 Å². The number of carbonyl (C=O) groups excluding carboxylic acids is 2. The second-order valence-corrected chi connectivity index (χ2v) is 28.0. The van der Waals surface area contributed by atoms with Gasteiger partial charge in [-0.2, -0.15) is 0 Å². The molecule has 71 heavy (non-hydrogen) atoms. The average molecular weight is 985 g/mol. The zero-order valence-corrected chi connectivity index (χ0v) is 47.6. The van der Waals surface area contributed by atoms with Gasteiger partial charge in [0.25, 0.3) is 8.32 Å². The highest BCUT2D eigenvalue weighted by Crippen LogP contribution is 2.52. The van der Waals surface area contributed by atoms with Gasteiger partial charge < -0.3 is 23.9 Å². The number of ether oxygens (including phenoxy) is 2. The van der Waals surface area contributed by atoms with Crippen LogP contribution in [0, 0.1) is 24.7 Å². The Morgan fingerprint density at radius 3 is 2.10 bits per heavy atom. The molecule has 9 nitrogen and oxygen atoms in total. The van der Waals surface area contributed by atoms with Crippen LogP contribution in [0.3, 0.4) is 0 Å². The van der Waals surface area contributed by atoms with E-state index < -0.39 is 14.3 Å². The fourth-order valence-electron chi connectivity index (χ4n) is 10.6. The number of methoxy groups -OCH3 is 1. The third kappa shape index (κ3) is 12.5. The Kier molecular flexibility index (Phi) is 18.1. The number of carbonyl (C=O) groups is 2. The smallest absolute Gasteiger partial charge is 0.342 e. The fraction of sp³-hybridized carbons (Fsp3) is 0.574. The van der Waals surface area contributed by atoms with Crippen molar-refractivity contribution in [1.82, 2.24) is 19.9 Å². The maximum Gasteiger partial charge on any atom is 0.342 e. The number of allylic oxidation sites excluding steroid dienone is 6. The van der Waals surface area contributed by atoms with Gasteiger partial charge >= 0.3 is 11.9 Å². The first kappa shape index (κ1) is 55.4. The number of aromatic nitrogens is 4. The number of aromatic amines is 2. The predicted octanol–water partition coefficient (Wildman–Crippen LogP) is 16.8. The van der Waals surface area contributed by atoms with Gasteiger partial charge in [0.05, 0.1) is 35.4 Å². The maximum atomic E-state index is 14.4. The largest absolute Gasteiger partial charge is 0.542 e. The molecule has 0 radical (unpaired) electrons. The van der Waals surface area contributed by atoms with Crippen LogP contribution >= 0.6 is 0 Å². The predicted molar refractivity (Wildman–Crippen MR) is 299 cm³/mol. The number of fused-ring (bicyclic) bond motifs is 8. The van der Waals surface area contributed by atoms with Gasteiger partial charge in [-0.25, -0.2) is 14.8 Å². The number of hydrogen-bond acceptors (Lipinski definition) is 7. The number of aryl methyl sites for hydroxylation is 1. The third-order valence-electron chi connectivity index (χ3n) is 16.4. The molecule has 1 aliphatic carbocycles. The molecule has 0 spiro atoms. The minimum atomic E-state index is -2.53. The summed E-state index contributed by atoms with van der Waals surface area (Å²) in [5.41, 5.74) is 15.3. The normalized spacial score (nSPS) is 17.6. The molecule has 4 aliphatic rings. The monoisotopic (exact) mass is 985 g/mol. The Morgan fingerprint density at radius 1 is 0.845 bits per heavy atom. The van der Waals surface area contributed by atoms with E-state index in [0.717, 1.165) is 110 Å². The van der Waals surface area contributed by atoms with Crippen molar-refractivity contribution in [3.63, 3.8) is 0 Å². The lowest BCUT2D eigenvalue weighted by Gasteiger charge is -2.37. The van der Waals surface area contributed by atoms with E-state index in [4.69, 9.17) is 23.9 Å². The molecule has 0 saturated carbocycles. The van der Waals surface area contributed by atoms with E-state index in [0.29, 0.717) is 23.3 Å². The van der Waals surface area contributed by atoms with Crippen LogP contribution in [0.4, 0.5) is 0 Å². The van der Waals surface area contributed by atoms with E-state index in [2.05, 4.69) is 144 Å². The molecular formula is C61H88N4O5Si. The Hall–Kier alpha value is -4.96. The second kappa shape index (κ2) is 23.3. The summed E-state index contributed by atoms with van der Waals surface area (Å²) in [4.78, 5) is 46.3. The van der Waals surface area contributed by atoms with Gasteiger partial charge in [0.1, 0.15) is 17.9 Å². The number of nitrogens with zero attached hydrogens (tertiary/aromatic N) is 2. The van der Waals surface area contributed by atoms with Gasteiger partial charge in [0.15, 0.2) is 0 Å². The molecule has 0 amide bonds. The lowest BCUT2D eigenvalue weighted by atomic mass is 9.85. The molecule has 2 N–H and O–H groups in total. The SMILES string of the molecule is C=CC1=C(C)c2cc3[nH]c(c4c5[nH]c(cc6nc(cc1n2)C(C)=C6CC)c(C)c5C(O[Si](C)(C)C(C)(C)C)=C4C(=O)OC)[C@@H](CCC(=O)OC/C=C(\C)CCC[C@H](C)CCC[C@H](C)CCCC(C)C)[C@@H]3C. The van der Waals surface area contributed by atoms with Crippen LogP contribution in [0.1, 0.15) is 223 Å². The lowest BCUT2D eigenvalue weighted by Crippen LogP contribution is -2.40. The van der Waals surface area contributed by atoms with Crippen LogP contribution in [0.25, 0.3) is 44.7 Å². The van der Waals surface area contributed by atoms with Crippen molar-refractivity contribution in [2.75, 3.05) is 13.7 Å². The molecule has 0 fully saturated rings.